The fourth-order valence-electron chi connectivity index (χ4n) is 2.99. The molecule has 0 saturated heterocycles. The summed E-state index contributed by atoms with van der Waals surface area (Å²) in [5.41, 5.74) is 4.51. The maximum Gasteiger partial charge on any atom is 0.329 e. The molecule has 10 heteroatoms. The Kier molecular flexibility index (Phi) is 7.51. The zero-order chi connectivity index (χ0) is 23.9. The molecule has 1 aliphatic heterocycles. The van der Waals surface area contributed by atoms with Gasteiger partial charge in [-0.3, -0.25) is 9.59 Å². The van der Waals surface area contributed by atoms with Crippen molar-refractivity contribution in [1.82, 2.24) is 10.7 Å². The molecule has 34 heavy (non-hydrogen) atoms. The van der Waals surface area contributed by atoms with Gasteiger partial charge in [-0.2, -0.15) is 5.10 Å². The van der Waals surface area contributed by atoms with E-state index in [9.17, 15) is 9.59 Å². The Morgan fingerprint density at radius 2 is 1.71 bits per heavy atom. The van der Waals surface area contributed by atoms with Crippen LogP contribution in [0, 0.1) is 0 Å². The number of benzene rings is 3. The average molecular weight is 500 g/mol. The highest BCUT2D eigenvalue weighted by molar-refractivity contribution is 6.35. The number of carbonyl (C=O) groups excluding carboxylic acids is 2. The lowest BCUT2D eigenvalue weighted by atomic mass is 10.2. The monoisotopic (exact) mass is 499 g/mol. The van der Waals surface area contributed by atoms with Crippen LogP contribution < -0.4 is 25.0 Å². The molecule has 0 aliphatic carbocycles. The van der Waals surface area contributed by atoms with Crippen LogP contribution >= 0.6 is 23.2 Å². The number of amides is 2. The zero-order valence-corrected chi connectivity index (χ0v) is 19.2. The second-order valence-corrected chi connectivity index (χ2v) is 8.02. The molecule has 0 spiro atoms. The third-order valence-corrected chi connectivity index (χ3v) is 5.29. The SMILES string of the molecule is O=C(NCc1ccc2c(c1)OCO2)C(=O)N/N=C\c1ccc(OCc2ccc(Cl)cc2)c(Cl)c1. The van der Waals surface area contributed by atoms with Gasteiger partial charge in [-0.25, -0.2) is 5.43 Å². The molecule has 2 N–H and O–H groups in total. The van der Waals surface area contributed by atoms with Crippen molar-refractivity contribution in [2.45, 2.75) is 13.2 Å². The van der Waals surface area contributed by atoms with E-state index in [-0.39, 0.29) is 13.3 Å². The zero-order valence-electron chi connectivity index (χ0n) is 17.7. The standard InChI is InChI=1S/C24H19Cl2N3O5/c25-18-5-1-15(2-6-18)13-32-20-7-3-16(9-19(20)26)12-28-29-24(31)23(30)27-11-17-4-8-21-22(10-17)34-14-33-21/h1-10,12H,11,13-14H2,(H,27,30)(H,29,31)/b28-12-. The Bertz CT molecular complexity index is 1230. The van der Waals surface area contributed by atoms with Crippen molar-refractivity contribution in [3.63, 3.8) is 0 Å². The van der Waals surface area contributed by atoms with Gasteiger partial charge in [0.2, 0.25) is 6.79 Å². The van der Waals surface area contributed by atoms with Gasteiger partial charge < -0.3 is 19.5 Å². The molecule has 0 atom stereocenters. The van der Waals surface area contributed by atoms with Crippen LogP contribution in [0.1, 0.15) is 16.7 Å². The summed E-state index contributed by atoms with van der Waals surface area (Å²) in [6, 6.07) is 17.6. The minimum Gasteiger partial charge on any atom is -0.487 e. The highest BCUT2D eigenvalue weighted by Gasteiger charge is 2.15. The summed E-state index contributed by atoms with van der Waals surface area (Å²) in [5, 5.41) is 7.36. The van der Waals surface area contributed by atoms with E-state index in [1.807, 2.05) is 12.1 Å². The molecule has 3 aromatic rings. The Morgan fingerprint density at radius 3 is 2.50 bits per heavy atom. The van der Waals surface area contributed by atoms with Gasteiger partial charge >= 0.3 is 11.8 Å². The first-order chi connectivity index (χ1) is 16.5. The molecule has 8 nitrogen and oxygen atoms in total. The molecule has 1 heterocycles. The van der Waals surface area contributed by atoms with Crippen LogP contribution in [0.4, 0.5) is 0 Å². The Hall–Kier alpha value is -3.75. The topological polar surface area (TPSA) is 98.2 Å². The van der Waals surface area contributed by atoms with Crippen molar-refractivity contribution in [1.29, 1.82) is 0 Å². The molecule has 174 valence electrons. The summed E-state index contributed by atoms with van der Waals surface area (Å²) in [6.45, 7) is 0.650. The van der Waals surface area contributed by atoms with Crippen LogP contribution in [-0.4, -0.2) is 24.8 Å². The van der Waals surface area contributed by atoms with E-state index in [1.165, 1.54) is 6.21 Å². The lowest BCUT2D eigenvalue weighted by Gasteiger charge is -2.09. The van der Waals surface area contributed by atoms with Gasteiger partial charge in [0.25, 0.3) is 0 Å². The van der Waals surface area contributed by atoms with Crippen molar-refractivity contribution >= 4 is 41.2 Å². The first-order valence-corrected chi connectivity index (χ1v) is 10.9. The number of halogens is 2. The number of hydrazone groups is 1. The van der Waals surface area contributed by atoms with E-state index in [0.29, 0.717) is 39.5 Å². The number of hydrogen-bond donors (Lipinski definition) is 2. The van der Waals surface area contributed by atoms with Crippen molar-refractivity contribution in [3.05, 3.63) is 87.4 Å². The molecule has 0 unspecified atom stereocenters. The fraction of sp³-hybridized carbons (Fsp3) is 0.125. The number of carbonyl (C=O) groups is 2. The van der Waals surface area contributed by atoms with E-state index in [1.54, 1.807) is 48.5 Å². The average Bonchev–Trinajstić information content (AvgIpc) is 3.31. The number of nitrogens with one attached hydrogen (secondary N) is 2. The van der Waals surface area contributed by atoms with Crippen LogP contribution in [-0.2, 0) is 22.7 Å². The van der Waals surface area contributed by atoms with Crippen molar-refractivity contribution in [2.75, 3.05) is 6.79 Å². The lowest BCUT2D eigenvalue weighted by Crippen LogP contribution is -2.37. The summed E-state index contributed by atoms with van der Waals surface area (Å²) in [7, 11) is 0. The van der Waals surface area contributed by atoms with Crippen LogP contribution in [0.2, 0.25) is 10.0 Å². The maximum absolute atomic E-state index is 12.0. The fourth-order valence-corrected chi connectivity index (χ4v) is 3.36. The Balaban J connectivity index is 1.24. The molecule has 0 aromatic heterocycles. The van der Waals surface area contributed by atoms with E-state index in [4.69, 9.17) is 37.4 Å². The Labute approximate surface area is 205 Å². The normalized spacial score (nSPS) is 11.9. The number of ether oxygens (including phenoxy) is 3. The van der Waals surface area contributed by atoms with Gasteiger partial charge in [0.1, 0.15) is 12.4 Å². The first-order valence-electron chi connectivity index (χ1n) is 10.1. The van der Waals surface area contributed by atoms with Gasteiger partial charge in [-0.15, -0.1) is 0 Å². The van der Waals surface area contributed by atoms with Crippen LogP contribution in [0.5, 0.6) is 17.2 Å². The molecule has 2 amide bonds. The molecule has 3 aromatic carbocycles. The summed E-state index contributed by atoms with van der Waals surface area (Å²) in [5.74, 6) is 0.0229. The van der Waals surface area contributed by atoms with Gasteiger partial charge in [0.15, 0.2) is 11.5 Å². The summed E-state index contributed by atoms with van der Waals surface area (Å²) < 4.78 is 16.2. The van der Waals surface area contributed by atoms with Gasteiger partial charge in [0, 0.05) is 11.6 Å². The molecule has 0 bridgehead atoms. The minimum atomic E-state index is -0.897. The third-order valence-electron chi connectivity index (χ3n) is 4.74. The van der Waals surface area contributed by atoms with Crippen molar-refractivity contribution < 1.29 is 23.8 Å². The van der Waals surface area contributed by atoms with Crippen molar-refractivity contribution in [3.8, 4) is 17.2 Å². The molecule has 4 rings (SSSR count). The molecule has 0 saturated carbocycles. The number of rotatable bonds is 7. The van der Waals surface area contributed by atoms with Crippen molar-refractivity contribution in [2.24, 2.45) is 5.10 Å². The number of fused-ring (bicyclic) bond motifs is 1. The summed E-state index contributed by atoms with van der Waals surface area (Å²) in [6.07, 6.45) is 1.37. The largest absolute Gasteiger partial charge is 0.487 e. The highest BCUT2D eigenvalue weighted by atomic mass is 35.5. The predicted molar refractivity (Wildman–Crippen MR) is 127 cm³/mol. The smallest absolute Gasteiger partial charge is 0.329 e. The van der Waals surface area contributed by atoms with Gasteiger partial charge in [-0.1, -0.05) is 41.4 Å². The van der Waals surface area contributed by atoms with E-state index < -0.39 is 11.8 Å². The van der Waals surface area contributed by atoms with E-state index in [0.717, 1.165) is 11.1 Å². The third kappa shape index (κ3) is 6.18. The van der Waals surface area contributed by atoms with Crippen LogP contribution in [0.15, 0.2) is 65.8 Å². The van der Waals surface area contributed by atoms with E-state index in [2.05, 4.69) is 15.8 Å². The maximum atomic E-state index is 12.0. The molecular formula is C24H19Cl2N3O5. The van der Waals surface area contributed by atoms with Crippen LogP contribution in [0.3, 0.4) is 0 Å². The van der Waals surface area contributed by atoms with Gasteiger partial charge in [-0.05, 0) is 59.2 Å². The molecule has 1 aliphatic rings. The second kappa shape index (κ2) is 10.9. The number of hydrogen-bond acceptors (Lipinski definition) is 6. The first kappa shape index (κ1) is 23.4. The Morgan fingerprint density at radius 1 is 0.941 bits per heavy atom. The highest BCUT2D eigenvalue weighted by Crippen LogP contribution is 2.32. The molecule has 0 fully saturated rings. The van der Waals surface area contributed by atoms with Crippen LogP contribution in [0.25, 0.3) is 0 Å². The molecule has 0 radical (unpaired) electrons. The summed E-state index contributed by atoms with van der Waals surface area (Å²) in [4.78, 5) is 24.0. The summed E-state index contributed by atoms with van der Waals surface area (Å²) >= 11 is 12.1. The van der Waals surface area contributed by atoms with E-state index >= 15 is 0 Å². The molecular weight excluding hydrogens is 481 g/mol. The quantitative estimate of drug-likeness (QED) is 0.290. The van der Waals surface area contributed by atoms with Gasteiger partial charge in [0.05, 0.1) is 11.2 Å². The second-order valence-electron chi connectivity index (χ2n) is 7.17. The predicted octanol–water partition coefficient (Wildman–Crippen LogP) is 4.07. The minimum absolute atomic E-state index is 0.152. The number of nitrogens with zero attached hydrogens (tertiary/aromatic N) is 1. The lowest BCUT2D eigenvalue weighted by molar-refractivity contribution is -0.139.